The Hall–Kier alpha value is -0.503. The first-order chi connectivity index (χ1) is 10.0. The maximum atomic E-state index is 12.1. The maximum Gasteiger partial charge on any atom is 0.281 e. The van der Waals surface area contributed by atoms with Crippen LogP contribution >= 0.6 is 0 Å². The van der Waals surface area contributed by atoms with Crippen molar-refractivity contribution < 1.29 is 17.6 Å². The molecule has 0 aromatic heterocycles. The molecule has 0 aliphatic carbocycles. The summed E-state index contributed by atoms with van der Waals surface area (Å²) in [6.45, 7) is 7.70. The molecule has 1 fully saturated rings. The third-order valence-electron chi connectivity index (χ3n) is 3.52. The quantitative estimate of drug-likeness (QED) is 0.506. The van der Waals surface area contributed by atoms with Crippen molar-refractivity contribution in [2.45, 2.75) is 38.1 Å². The van der Waals surface area contributed by atoms with Gasteiger partial charge in [0.2, 0.25) is 0 Å². The minimum atomic E-state index is -3.42. The number of nitrogens with zero attached hydrogens (tertiary/aromatic N) is 3. The Bertz CT molecular complexity index is 502. The van der Waals surface area contributed by atoms with Crippen LogP contribution in [0.3, 0.4) is 0 Å². The molecule has 0 N–H and O–H groups in total. The van der Waals surface area contributed by atoms with E-state index < -0.39 is 24.1 Å². The number of rotatable bonds is 7. The van der Waals surface area contributed by atoms with Gasteiger partial charge in [0.1, 0.15) is 0 Å². The van der Waals surface area contributed by atoms with Crippen LogP contribution in [0.4, 0.5) is 0 Å². The lowest BCUT2D eigenvalue weighted by Crippen LogP contribution is -2.50. The highest BCUT2D eigenvalue weighted by Gasteiger charge is 2.39. The number of hydrogen-bond acceptors (Lipinski definition) is 5. The fourth-order valence-corrected chi connectivity index (χ4v) is 3.98. The summed E-state index contributed by atoms with van der Waals surface area (Å²) in [5.74, 6) is 0. The summed E-state index contributed by atoms with van der Waals surface area (Å²) in [5, 5.41) is 9.41. The largest absolute Gasteiger partial charge is 0.415 e. The Labute approximate surface area is 135 Å². The first-order valence-electron chi connectivity index (χ1n) is 7.39. The summed E-state index contributed by atoms with van der Waals surface area (Å²) >= 11 is 0. The van der Waals surface area contributed by atoms with Gasteiger partial charge in [0.25, 0.3) is 10.2 Å². The molecule has 0 spiro atoms. The summed E-state index contributed by atoms with van der Waals surface area (Å²) < 4.78 is 38.2. The lowest BCUT2D eigenvalue weighted by molar-refractivity contribution is -0.0443. The molecule has 1 saturated heterocycles. The Morgan fingerprint density at radius 1 is 1.23 bits per heavy atom. The van der Waals surface area contributed by atoms with E-state index in [0.29, 0.717) is 39.1 Å². The van der Waals surface area contributed by atoms with Crippen LogP contribution in [0.5, 0.6) is 0 Å². The molecule has 0 bridgehead atoms. The van der Waals surface area contributed by atoms with Crippen LogP contribution in [0.25, 0.3) is 0 Å². The molecule has 0 unspecified atom stereocenters. The van der Waals surface area contributed by atoms with E-state index in [1.807, 2.05) is 0 Å². The second-order valence-electron chi connectivity index (χ2n) is 6.60. The third kappa shape index (κ3) is 5.29. The molecule has 0 aromatic rings. The second-order valence-corrected chi connectivity index (χ2v) is 13.3. The molecule has 0 aromatic carbocycles. The van der Waals surface area contributed by atoms with Crippen molar-refractivity contribution in [3.8, 4) is 6.07 Å². The van der Waals surface area contributed by atoms with Gasteiger partial charge < -0.3 is 9.16 Å². The van der Waals surface area contributed by atoms with E-state index in [1.165, 1.54) is 22.7 Å². The Kier molecular flexibility index (Phi) is 6.55. The maximum absolute atomic E-state index is 12.1. The normalized spacial score (nSPS) is 20.0. The SMILES string of the molecule is CN(C)S(=O)(=O)N1CCC(C#N)(OCCO[Si](C)(C)C)CC1. The molecule has 9 heteroatoms. The Morgan fingerprint density at radius 2 is 1.77 bits per heavy atom. The van der Waals surface area contributed by atoms with Gasteiger partial charge in [-0.25, -0.2) is 0 Å². The number of hydrogen-bond donors (Lipinski definition) is 0. The summed E-state index contributed by atoms with van der Waals surface area (Å²) in [7, 11) is -1.99. The molecule has 0 amide bonds. The van der Waals surface area contributed by atoms with Crippen molar-refractivity contribution in [1.82, 2.24) is 8.61 Å². The predicted octanol–water partition coefficient (Wildman–Crippen LogP) is 1.02. The topological polar surface area (TPSA) is 82.9 Å². The Balaban J connectivity index is 2.53. The van der Waals surface area contributed by atoms with Crippen molar-refractivity contribution in [2.75, 3.05) is 40.4 Å². The third-order valence-corrected chi connectivity index (χ3v) is 6.53. The molecule has 7 nitrogen and oxygen atoms in total. The molecule has 1 aliphatic heterocycles. The summed E-state index contributed by atoms with van der Waals surface area (Å²) in [6.07, 6.45) is 0.757. The molecule has 0 radical (unpaired) electrons. The van der Waals surface area contributed by atoms with Crippen molar-refractivity contribution in [3.05, 3.63) is 0 Å². The van der Waals surface area contributed by atoms with Gasteiger partial charge in [-0.05, 0) is 19.6 Å². The summed E-state index contributed by atoms with van der Waals surface area (Å²) in [5.41, 5.74) is -0.902. The molecule has 1 rings (SSSR count). The van der Waals surface area contributed by atoms with Crippen LogP contribution in [0.15, 0.2) is 0 Å². The number of piperidine rings is 1. The van der Waals surface area contributed by atoms with Crippen molar-refractivity contribution in [2.24, 2.45) is 0 Å². The van der Waals surface area contributed by atoms with E-state index in [4.69, 9.17) is 9.16 Å². The number of nitriles is 1. The van der Waals surface area contributed by atoms with Crippen LogP contribution in [0.2, 0.25) is 19.6 Å². The minimum Gasteiger partial charge on any atom is -0.415 e. The van der Waals surface area contributed by atoms with Gasteiger partial charge in [0.15, 0.2) is 13.9 Å². The zero-order valence-electron chi connectivity index (χ0n) is 14.1. The van der Waals surface area contributed by atoms with E-state index in [1.54, 1.807) is 0 Å². The van der Waals surface area contributed by atoms with Crippen molar-refractivity contribution in [1.29, 1.82) is 5.26 Å². The van der Waals surface area contributed by atoms with E-state index in [0.717, 1.165) is 0 Å². The molecule has 0 saturated carbocycles. The molecular weight excluding hydrogens is 322 g/mol. The van der Waals surface area contributed by atoms with E-state index in [9.17, 15) is 13.7 Å². The zero-order valence-corrected chi connectivity index (χ0v) is 15.9. The average Bonchev–Trinajstić information content (AvgIpc) is 2.43. The van der Waals surface area contributed by atoms with E-state index >= 15 is 0 Å². The summed E-state index contributed by atoms with van der Waals surface area (Å²) in [6, 6.07) is 2.21. The predicted molar refractivity (Wildman–Crippen MR) is 87.0 cm³/mol. The van der Waals surface area contributed by atoms with Crippen LogP contribution in [-0.4, -0.2) is 71.3 Å². The molecular formula is C13H27N3O4SSi. The fraction of sp³-hybridized carbons (Fsp3) is 0.923. The van der Waals surface area contributed by atoms with E-state index in [2.05, 4.69) is 25.7 Å². The summed E-state index contributed by atoms with van der Waals surface area (Å²) in [4.78, 5) is 0. The highest BCUT2D eigenvalue weighted by molar-refractivity contribution is 7.86. The molecule has 1 heterocycles. The van der Waals surface area contributed by atoms with Gasteiger partial charge >= 0.3 is 0 Å². The minimum absolute atomic E-state index is 0.295. The monoisotopic (exact) mass is 349 g/mol. The Morgan fingerprint density at radius 3 is 2.18 bits per heavy atom. The van der Waals surface area contributed by atoms with Crippen LogP contribution in [0.1, 0.15) is 12.8 Å². The molecule has 1 aliphatic rings. The van der Waals surface area contributed by atoms with Gasteiger partial charge in [-0.3, -0.25) is 0 Å². The van der Waals surface area contributed by atoms with Gasteiger partial charge in [-0.1, -0.05) is 0 Å². The van der Waals surface area contributed by atoms with Crippen LogP contribution < -0.4 is 0 Å². The molecule has 22 heavy (non-hydrogen) atoms. The standard InChI is InChI=1S/C13H27N3O4SSi/c1-15(2)21(17,18)16-8-6-13(12-14,7-9-16)19-10-11-20-22(3,4)5/h6-11H2,1-5H3. The lowest BCUT2D eigenvalue weighted by atomic mass is 9.94. The lowest BCUT2D eigenvalue weighted by Gasteiger charge is -2.37. The second kappa shape index (κ2) is 7.38. The van der Waals surface area contributed by atoms with Gasteiger partial charge in [-0.2, -0.15) is 22.3 Å². The average molecular weight is 350 g/mol. The first-order valence-corrected chi connectivity index (χ1v) is 12.2. The van der Waals surface area contributed by atoms with Gasteiger partial charge in [0, 0.05) is 40.0 Å². The highest BCUT2D eigenvalue weighted by atomic mass is 32.2. The molecule has 128 valence electrons. The van der Waals surface area contributed by atoms with E-state index in [-0.39, 0.29) is 0 Å². The van der Waals surface area contributed by atoms with Gasteiger partial charge in [0.05, 0.1) is 19.3 Å². The number of ether oxygens (including phenoxy) is 1. The van der Waals surface area contributed by atoms with Crippen molar-refractivity contribution in [3.63, 3.8) is 0 Å². The molecule has 0 atom stereocenters. The highest BCUT2D eigenvalue weighted by Crippen LogP contribution is 2.27. The van der Waals surface area contributed by atoms with Gasteiger partial charge in [-0.15, -0.1) is 0 Å². The van der Waals surface area contributed by atoms with Crippen LogP contribution in [-0.2, 0) is 19.4 Å². The zero-order chi connectivity index (χ0) is 17.0. The first kappa shape index (κ1) is 19.5. The fourth-order valence-electron chi connectivity index (χ4n) is 2.18. The smallest absolute Gasteiger partial charge is 0.281 e. The van der Waals surface area contributed by atoms with Crippen LogP contribution in [0, 0.1) is 11.3 Å². The van der Waals surface area contributed by atoms with Crippen molar-refractivity contribution >= 4 is 18.5 Å².